The van der Waals surface area contributed by atoms with Gasteiger partial charge in [0.15, 0.2) is 0 Å². The maximum absolute atomic E-state index is 12.3. The second-order valence-electron chi connectivity index (χ2n) is 4.68. The number of pyridine rings is 1. The molecule has 0 aliphatic heterocycles. The van der Waals surface area contributed by atoms with Crippen LogP contribution in [-0.2, 0) is 4.79 Å². The molecule has 114 valence electrons. The average Bonchev–Trinajstić information content (AvgIpc) is 3.10. The van der Waals surface area contributed by atoms with E-state index in [4.69, 9.17) is 0 Å². The summed E-state index contributed by atoms with van der Waals surface area (Å²) in [5.41, 5.74) is 2.81. The first kappa shape index (κ1) is 14.5. The minimum Gasteiger partial charge on any atom is -0.329 e. The molecule has 1 aromatic carbocycles. The van der Waals surface area contributed by atoms with Gasteiger partial charge < -0.3 is 10.6 Å². The molecule has 0 bridgehead atoms. The number of hydrogen-bond donors (Lipinski definition) is 3. The van der Waals surface area contributed by atoms with Gasteiger partial charge in [0.1, 0.15) is 5.69 Å². The molecule has 0 saturated heterocycles. The third-order valence-corrected chi connectivity index (χ3v) is 3.10. The molecule has 3 rings (SSSR count). The van der Waals surface area contributed by atoms with Gasteiger partial charge in [-0.2, -0.15) is 5.10 Å². The Morgan fingerprint density at radius 2 is 1.91 bits per heavy atom. The van der Waals surface area contributed by atoms with E-state index in [2.05, 4.69) is 25.8 Å². The van der Waals surface area contributed by atoms with Crippen molar-refractivity contribution in [3.63, 3.8) is 0 Å². The van der Waals surface area contributed by atoms with Crippen molar-refractivity contribution in [1.29, 1.82) is 0 Å². The van der Waals surface area contributed by atoms with Crippen molar-refractivity contribution in [1.82, 2.24) is 15.2 Å². The highest BCUT2D eigenvalue weighted by molar-refractivity contribution is 6.03. The summed E-state index contributed by atoms with van der Waals surface area (Å²) in [7, 11) is 0. The summed E-state index contributed by atoms with van der Waals surface area (Å²) in [6.45, 7) is 0. The minimum atomic E-state index is -0.338. The Hall–Kier alpha value is -3.48. The monoisotopic (exact) mass is 307 g/mol. The third kappa shape index (κ3) is 3.41. The largest absolute Gasteiger partial charge is 0.329 e. The number of nitrogens with one attached hydrogen (secondary N) is 3. The summed E-state index contributed by atoms with van der Waals surface area (Å²) in [5.74, 6) is -0.338. The predicted octanol–water partition coefficient (Wildman–Crippen LogP) is 2.29. The topological polar surface area (TPSA) is 99.8 Å². The number of carbonyl (C=O) groups is 2. The number of hydrogen-bond acceptors (Lipinski definition) is 4. The van der Waals surface area contributed by atoms with E-state index in [1.165, 1.54) is 0 Å². The van der Waals surface area contributed by atoms with Gasteiger partial charge in [0.2, 0.25) is 6.41 Å². The lowest BCUT2D eigenvalue weighted by Gasteiger charge is -2.07. The molecule has 0 radical (unpaired) electrons. The highest BCUT2D eigenvalue weighted by Crippen LogP contribution is 2.17. The summed E-state index contributed by atoms with van der Waals surface area (Å²) < 4.78 is 0. The van der Waals surface area contributed by atoms with Crippen LogP contribution in [0.3, 0.4) is 0 Å². The standard InChI is InChI=1S/C16H13N5O2/c22-10-17-11-3-1-4-12(9-11)19-16(23)15-6-2-5-13(20-15)14-7-8-18-21-14/h1-10H,(H,17,22)(H,18,21)(H,19,23). The van der Waals surface area contributed by atoms with Crippen LogP contribution in [0.1, 0.15) is 10.5 Å². The molecule has 2 aromatic heterocycles. The lowest BCUT2D eigenvalue weighted by Crippen LogP contribution is -2.14. The molecule has 0 aliphatic rings. The second-order valence-corrected chi connectivity index (χ2v) is 4.68. The fraction of sp³-hybridized carbons (Fsp3) is 0. The first-order chi connectivity index (χ1) is 11.3. The van der Waals surface area contributed by atoms with Crippen LogP contribution < -0.4 is 10.6 Å². The number of nitrogens with zero attached hydrogens (tertiary/aromatic N) is 2. The van der Waals surface area contributed by atoms with Gasteiger partial charge in [0, 0.05) is 17.6 Å². The molecule has 0 atom stereocenters. The number of aromatic amines is 1. The summed E-state index contributed by atoms with van der Waals surface area (Å²) >= 11 is 0. The van der Waals surface area contributed by atoms with Crippen LogP contribution in [0.4, 0.5) is 11.4 Å². The predicted molar refractivity (Wildman–Crippen MR) is 85.9 cm³/mol. The van der Waals surface area contributed by atoms with Crippen molar-refractivity contribution in [2.75, 3.05) is 10.6 Å². The van der Waals surface area contributed by atoms with E-state index in [0.717, 1.165) is 5.69 Å². The normalized spacial score (nSPS) is 10.1. The number of rotatable bonds is 5. The molecule has 0 spiro atoms. The molecule has 0 fully saturated rings. The van der Waals surface area contributed by atoms with Crippen molar-refractivity contribution >= 4 is 23.7 Å². The number of carbonyl (C=O) groups excluding carboxylic acids is 2. The first-order valence-corrected chi connectivity index (χ1v) is 6.84. The third-order valence-electron chi connectivity index (χ3n) is 3.10. The highest BCUT2D eigenvalue weighted by atomic mass is 16.2. The van der Waals surface area contributed by atoms with Gasteiger partial charge in [-0.15, -0.1) is 0 Å². The Kier molecular flexibility index (Phi) is 4.10. The molecule has 7 nitrogen and oxygen atoms in total. The summed E-state index contributed by atoms with van der Waals surface area (Å²) in [4.78, 5) is 27.1. The number of anilines is 2. The maximum atomic E-state index is 12.3. The molecule has 3 N–H and O–H groups in total. The van der Waals surface area contributed by atoms with E-state index in [-0.39, 0.29) is 11.6 Å². The van der Waals surface area contributed by atoms with Crippen LogP contribution in [0, 0.1) is 0 Å². The van der Waals surface area contributed by atoms with E-state index >= 15 is 0 Å². The van der Waals surface area contributed by atoms with Crippen LogP contribution >= 0.6 is 0 Å². The number of H-pyrrole nitrogens is 1. The van der Waals surface area contributed by atoms with Gasteiger partial charge in [-0.3, -0.25) is 14.7 Å². The van der Waals surface area contributed by atoms with E-state index in [9.17, 15) is 9.59 Å². The zero-order chi connectivity index (χ0) is 16.1. The Bertz CT molecular complexity index is 830. The first-order valence-electron chi connectivity index (χ1n) is 6.84. The molecule has 2 amide bonds. The number of amides is 2. The summed E-state index contributed by atoms with van der Waals surface area (Å²) in [6.07, 6.45) is 2.20. The van der Waals surface area contributed by atoms with Crippen molar-refractivity contribution in [2.45, 2.75) is 0 Å². The van der Waals surface area contributed by atoms with E-state index < -0.39 is 0 Å². The lowest BCUT2D eigenvalue weighted by molar-refractivity contribution is -0.105. The van der Waals surface area contributed by atoms with Crippen LogP contribution in [0.15, 0.2) is 54.7 Å². The van der Waals surface area contributed by atoms with Gasteiger partial charge in [0.05, 0.1) is 11.4 Å². The Balaban J connectivity index is 1.79. The Morgan fingerprint density at radius 3 is 2.70 bits per heavy atom. The van der Waals surface area contributed by atoms with Crippen LogP contribution in [0.2, 0.25) is 0 Å². The fourth-order valence-corrected chi connectivity index (χ4v) is 2.06. The number of benzene rings is 1. The molecular weight excluding hydrogens is 294 g/mol. The van der Waals surface area contributed by atoms with Gasteiger partial charge in [-0.05, 0) is 36.4 Å². The number of aromatic nitrogens is 3. The highest BCUT2D eigenvalue weighted by Gasteiger charge is 2.10. The van der Waals surface area contributed by atoms with Gasteiger partial charge in [-0.1, -0.05) is 12.1 Å². The van der Waals surface area contributed by atoms with Crippen molar-refractivity contribution in [3.8, 4) is 11.4 Å². The summed E-state index contributed by atoms with van der Waals surface area (Å²) in [5, 5.41) is 11.9. The van der Waals surface area contributed by atoms with Crippen molar-refractivity contribution in [3.05, 3.63) is 60.4 Å². The zero-order valence-corrected chi connectivity index (χ0v) is 12.0. The molecule has 2 heterocycles. The second kappa shape index (κ2) is 6.52. The average molecular weight is 307 g/mol. The Labute approximate surface area is 131 Å². The van der Waals surface area contributed by atoms with Crippen LogP contribution in [-0.4, -0.2) is 27.5 Å². The summed E-state index contributed by atoms with van der Waals surface area (Å²) in [6, 6.07) is 13.8. The quantitative estimate of drug-likeness (QED) is 0.630. The van der Waals surface area contributed by atoms with Gasteiger partial charge in [-0.25, -0.2) is 4.98 Å². The Morgan fingerprint density at radius 1 is 1.09 bits per heavy atom. The lowest BCUT2D eigenvalue weighted by atomic mass is 10.2. The van der Waals surface area contributed by atoms with Crippen molar-refractivity contribution in [2.24, 2.45) is 0 Å². The van der Waals surface area contributed by atoms with Gasteiger partial charge in [0.25, 0.3) is 5.91 Å². The van der Waals surface area contributed by atoms with E-state index in [0.29, 0.717) is 23.5 Å². The molecule has 7 heteroatoms. The molecule has 0 saturated carbocycles. The van der Waals surface area contributed by atoms with Crippen LogP contribution in [0.25, 0.3) is 11.4 Å². The van der Waals surface area contributed by atoms with Gasteiger partial charge >= 0.3 is 0 Å². The van der Waals surface area contributed by atoms with Crippen LogP contribution in [0.5, 0.6) is 0 Å². The van der Waals surface area contributed by atoms with E-state index in [1.54, 1.807) is 54.7 Å². The molecule has 3 aromatic rings. The maximum Gasteiger partial charge on any atom is 0.274 e. The molecule has 23 heavy (non-hydrogen) atoms. The molecule has 0 aliphatic carbocycles. The van der Waals surface area contributed by atoms with Crippen molar-refractivity contribution < 1.29 is 9.59 Å². The SMILES string of the molecule is O=CNc1cccc(NC(=O)c2cccc(-c3ccn[nH]3)n2)c1. The minimum absolute atomic E-state index is 0.283. The zero-order valence-electron chi connectivity index (χ0n) is 12.0. The van der Waals surface area contributed by atoms with E-state index in [1.807, 2.05) is 0 Å². The molecular formula is C16H13N5O2. The smallest absolute Gasteiger partial charge is 0.274 e. The fourth-order valence-electron chi connectivity index (χ4n) is 2.06. The molecule has 0 unspecified atom stereocenters.